The number of nitrogens with zero attached hydrogens (tertiary/aromatic N) is 3. The van der Waals surface area contributed by atoms with Crippen molar-refractivity contribution >= 4 is 5.95 Å². The summed E-state index contributed by atoms with van der Waals surface area (Å²) >= 11 is 0. The molecule has 8 heteroatoms. The van der Waals surface area contributed by atoms with Gasteiger partial charge in [-0.05, 0) is 5.56 Å². The van der Waals surface area contributed by atoms with Crippen LogP contribution in [0, 0.1) is 0 Å². The van der Waals surface area contributed by atoms with Gasteiger partial charge >= 0.3 is 5.69 Å². The van der Waals surface area contributed by atoms with Gasteiger partial charge in [0, 0.05) is 12.3 Å². The molecule has 112 valence electrons. The molecule has 0 radical (unpaired) electrons. The summed E-state index contributed by atoms with van der Waals surface area (Å²) in [6, 6.07) is 11.5. The van der Waals surface area contributed by atoms with Gasteiger partial charge in [-0.2, -0.15) is 10.1 Å². The van der Waals surface area contributed by atoms with E-state index in [0.717, 1.165) is 5.56 Å². The van der Waals surface area contributed by atoms with Crippen molar-refractivity contribution in [1.82, 2.24) is 25.1 Å². The second kappa shape index (κ2) is 6.53. The molecule has 3 N–H and O–H groups in total. The lowest BCUT2D eigenvalue weighted by Crippen LogP contribution is -2.07. The van der Waals surface area contributed by atoms with E-state index in [4.69, 9.17) is 4.74 Å². The largest absolute Gasteiger partial charge is 0.473 e. The van der Waals surface area contributed by atoms with Crippen LogP contribution in [0.1, 0.15) is 11.4 Å². The third-order valence-corrected chi connectivity index (χ3v) is 2.82. The molecule has 0 spiro atoms. The summed E-state index contributed by atoms with van der Waals surface area (Å²) in [5, 5.41) is 9.03. The molecule has 8 nitrogen and oxygen atoms in total. The van der Waals surface area contributed by atoms with E-state index in [2.05, 4.69) is 30.5 Å². The molecule has 2 aromatic heterocycles. The molecule has 0 aliphatic carbocycles. The third kappa shape index (κ3) is 3.69. The van der Waals surface area contributed by atoms with Crippen LogP contribution in [0.15, 0.2) is 47.4 Å². The lowest BCUT2D eigenvalue weighted by molar-refractivity contribution is 0.293. The minimum Gasteiger partial charge on any atom is -0.473 e. The van der Waals surface area contributed by atoms with Gasteiger partial charge in [0.05, 0.1) is 6.54 Å². The van der Waals surface area contributed by atoms with Crippen molar-refractivity contribution in [3.05, 3.63) is 64.5 Å². The third-order valence-electron chi connectivity index (χ3n) is 2.82. The summed E-state index contributed by atoms with van der Waals surface area (Å²) in [6.07, 6.45) is 1.60. The number of benzene rings is 1. The number of aromatic amines is 2. The fourth-order valence-electron chi connectivity index (χ4n) is 1.79. The highest BCUT2D eigenvalue weighted by Crippen LogP contribution is 2.11. The molecule has 22 heavy (non-hydrogen) atoms. The van der Waals surface area contributed by atoms with E-state index in [1.807, 2.05) is 30.3 Å². The Kier molecular flexibility index (Phi) is 4.10. The first-order valence-electron chi connectivity index (χ1n) is 6.67. The molecule has 0 fully saturated rings. The molecule has 3 aromatic rings. The Hall–Kier alpha value is -3.16. The Morgan fingerprint density at radius 1 is 1.18 bits per heavy atom. The summed E-state index contributed by atoms with van der Waals surface area (Å²) in [5.41, 5.74) is 0.711. The molecule has 0 aliphatic rings. The number of anilines is 1. The van der Waals surface area contributed by atoms with Gasteiger partial charge in [-0.25, -0.2) is 14.9 Å². The quantitative estimate of drug-likeness (QED) is 0.628. The minimum atomic E-state index is -0.349. The second-order valence-corrected chi connectivity index (χ2v) is 4.47. The second-order valence-electron chi connectivity index (χ2n) is 4.47. The molecule has 1 aromatic carbocycles. The van der Waals surface area contributed by atoms with Crippen LogP contribution >= 0.6 is 0 Å². The fraction of sp³-hybridized carbons (Fsp3) is 0.143. The maximum atomic E-state index is 10.9. The molecular weight excluding hydrogens is 284 g/mol. The van der Waals surface area contributed by atoms with E-state index in [-0.39, 0.29) is 5.69 Å². The molecular formula is C14H14N6O2. The Bertz CT molecular complexity index is 783. The van der Waals surface area contributed by atoms with Crippen molar-refractivity contribution in [2.75, 3.05) is 5.32 Å². The van der Waals surface area contributed by atoms with Gasteiger partial charge in [0.15, 0.2) is 0 Å². The van der Waals surface area contributed by atoms with Crippen molar-refractivity contribution in [1.29, 1.82) is 0 Å². The van der Waals surface area contributed by atoms with Gasteiger partial charge in [-0.1, -0.05) is 30.3 Å². The van der Waals surface area contributed by atoms with Gasteiger partial charge in [-0.3, -0.25) is 4.98 Å². The normalized spacial score (nSPS) is 10.4. The van der Waals surface area contributed by atoms with Crippen molar-refractivity contribution < 1.29 is 4.74 Å². The fourth-order valence-corrected chi connectivity index (χ4v) is 1.79. The predicted octanol–water partition coefficient (Wildman–Crippen LogP) is 1.08. The van der Waals surface area contributed by atoms with Crippen molar-refractivity contribution in [3.8, 4) is 5.88 Å². The lowest BCUT2D eigenvalue weighted by Gasteiger charge is -2.07. The van der Waals surface area contributed by atoms with Crippen LogP contribution in [-0.2, 0) is 13.2 Å². The standard InChI is InChI=1S/C14H14N6O2/c21-14-17-11(19-20-14)8-16-13-15-7-6-12(18-13)22-9-10-4-2-1-3-5-10/h1-7H,8-9H2,(H,15,16,18)(H2,17,19,20,21). The first-order chi connectivity index (χ1) is 10.8. The highest BCUT2D eigenvalue weighted by Gasteiger charge is 2.03. The monoisotopic (exact) mass is 298 g/mol. The first kappa shape index (κ1) is 13.8. The molecule has 0 bridgehead atoms. The van der Waals surface area contributed by atoms with Crippen molar-refractivity contribution in [2.45, 2.75) is 13.2 Å². The first-order valence-corrected chi connectivity index (χ1v) is 6.67. The highest BCUT2D eigenvalue weighted by molar-refractivity contribution is 5.27. The predicted molar refractivity (Wildman–Crippen MR) is 79.3 cm³/mol. The Morgan fingerprint density at radius 3 is 2.82 bits per heavy atom. The van der Waals surface area contributed by atoms with E-state index in [1.54, 1.807) is 12.3 Å². The molecule has 0 amide bonds. The Labute approximate surface area is 125 Å². The molecule has 0 aliphatic heterocycles. The maximum absolute atomic E-state index is 10.9. The van der Waals surface area contributed by atoms with Gasteiger partial charge in [0.25, 0.3) is 0 Å². The molecule has 0 saturated carbocycles. The van der Waals surface area contributed by atoms with Crippen LogP contribution in [0.25, 0.3) is 0 Å². The topological polar surface area (TPSA) is 109 Å². The minimum absolute atomic E-state index is 0.306. The van der Waals surface area contributed by atoms with E-state index in [0.29, 0.717) is 30.8 Å². The molecule has 0 saturated heterocycles. The summed E-state index contributed by atoms with van der Waals surface area (Å²) in [7, 11) is 0. The summed E-state index contributed by atoms with van der Waals surface area (Å²) in [4.78, 5) is 21.8. The zero-order valence-electron chi connectivity index (χ0n) is 11.6. The molecule has 0 atom stereocenters. The lowest BCUT2D eigenvalue weighted by atomic mass is 10.2. The van der Waals surface area contributed by atoms with Gasteiger partial charge < -0.3 is 10.1 Å². The van der Waals surface area contributed by atoms with Crippen molar-refractivity contribution in [2.24, 2.45) is 0 Å². The maximum Gasteiger partial charge on any atom is 0.340 e. The number of aromatic nitrogens is 5. The number of H-pyrrole nitrogens is 2. The van der Waals surface area contributed by atoms with Crippen LogP contribution in [0.2, 0.25) is 0 Å². The van der Waals surface area contributed by atoms with E-state index >= 15 is 0 Å². The SMILES string of the molecule is O=c1[nH]nc(CNc2nccc(OCc3ccccc3)n2)[nH]1. The van der Waals surface area contributed by atoms with Crippen LogP contribution < -0.4 is 15.7 Å². The number of hydrogen-bond acceptors (Lipinski definition) is 6. The van der Waals surface area contributed by atoms with Gasteiger partial charge in [0.2, 0.25) is 11.8 Å². The van der Waals surface area contributed by atoms with E-state index in [1.165, 1.54) is 0 Å². The van der Waals surface area contributed by atoms with Gasteiger partial charge in [0.1, 0.15) is 12.4 Å². The van der Waals surface area contributed by atoms with Gasteiger partial charge in [-0.15, -0.1) is 0 Å². The smallest absolute Gasteiger partial charge is 0.340 e. The summed E-state index contributed by atoms with van der Waals surface area (Å²) in [6.45, 7) is 0.741. The van der Waals surface area contributed by atoms with Crippen LogP contribution in [-0.4, -0.2) is 25.1 Å². The van der Waals surface area contributed by atoms with Crippen LogP contribution in [0.5, 0.6) is 5.88 Å². The van der Waals surface area contributed by atoms with Crippen LogP contribution in [0.3, 0.4) is 0 Å². The van der Waals surface area contributed by atoms with E-state index in [9.17, 15) is 4.79 Å². The average molecular weight is 298 g/mol. The average Bonchev–Trinajstić information content (AvgIpc) is 2.98. The molecule has 3 rings (SSSR count). The zero-order valence-corrected chi connectivity index (χ0v) is 11.6. The highest BCUT2D eigenvalue weighted by atomic mass is 16.5. The summed E-state index contributed by atoms with van der Waals surface area (Å²) in [5.74, 6) is 1.34. The number of ether oxygens (including phenoxy) is 1. The van der Waals surface area contributed by atoms with Crippen molar-refractivity contribution in [3.63, 3.8) is 0 Å². The number of hydrogen-bond donors (Lipinski definition) is 3. The number of rotatable bonds is 6. The zero-order chi connectivity index (χ0) is 15.2. The van der Waals surface area contributed by atoms with Crippen LogP contribution in [0.4, 0.5) is 5.95 Å². The molecule has 0 unspecified atom stereocenters. The molecule has 2 heterocycles. The van der Waals surface area contributed by atoms with E-state index < -0.39 is 0 Å². The summed E-state index contributed by atoms with van der Waals surface area (Å²) < 4.78 is 5.62. The Morgan fingerprint density at radius 2 is 2.05 bits per heavy atom. The number of nitrogens with one attached hydrogen (secondary N) is 3. The Balaban J connectivity index is 1.58.